The standard InChI is InChI=1S/C19H20F3N3O2S/c20-19(21,22)15-7-1-2-8-16(15)24-17(26)13-5-3-9-25(12-13)18(27)23-11-14-6-4-10-28-14/h1-2,4,6-8,10,13H,3,5,9,11-12H2,(H,23,27)(H,24,26). The minimum absolute atomic E-state index is 0.177. The van der Waals surface area contributed by atoms with Crippen LogP contribution in [-0.4, -0.2) is 29.9 Å². The largest absolute Gasteiger partial charge is 0.418 e. The normalized spacial score (nSPS) is 17.2. The number of thiophene rings is 1. The number of urea groups is 1. The second-order valence-electron chi connectivity index (χ2n) is 6.56. The Morgan fingerprint density at radius 3 is 2.68 bits per heavy atom. The molecule has 2 heterocycles. The molecule has 1 saturated heterocycles. The van der Waals surface area contributed by atoms with Crippen LogP contribution >= 0.6 is 11.3 Å². The highest BCUT2D eigenvalue weighted by molar-refractivity contribution is 7.09. The van der Waals surface area contributed by atoms with Gasteiger partial charge in [0.2, 0.25) is 5.91 Å². The van der Waals surface area contributed by atoms with Crippen LogP contribution in [0, 0.1) is 5.92 Å². The average Bonchev–Trinajstić information content (AvgIpc) is 3.19. The van der Waals surface area contributed by atoms with Gasteiger partial charge in [-0.2, -0.15) is 13.2 Å². The number of rotatable bonds is 4. The van der Waals surface area contributed by atoms with Gasteiger partial charge in [0.25, 0.3) is 0 Å². The molecule has 0 bridgehead atoms. The fourth-order valence-corrected chi connectivity index (χ4v) is 3.78. The summed E-state index contributed by atoms with van der Waals surface area (Å²) in [4.78, 5) is 27.4. The fraction of sp³-hybridized carbons (Fsp3) is 0.368. The van der Waals surface area contributed by atoms with Gasteiger partial charge in [-0.05, 0) is 36.4 Å². The number of hydrogen-bond acceptors (Lipinski definition) is 3. The first-order valence-corrected chi connectivity index (χ1v) is 9.75. The van der Waals surface area contributed by atoms with E-state index in [1.54, 1.807) is 0 Å². The van der Waals surface area contributed by atoms with E-state index in [1.807, 2.05) is 17.5 Å². The summed E-state index contributed by atoms with van der Waals surface area (Å²) in [5.74, 6) is -1.06. The molecule has 28 heavy (non-hydrogen) atoms. The van der Waals surface area contributed by atoms with Gasteiger partial charge in [-0.3, -0.25) is 4.79 Å². The van der Waals surface area contributed by atoms with Crippen molar-refractivity contribution in [2.75, 3.05) is 18.4 Å². The minimum Gasteiger partial charge on any atom is -0.333 e. The first kappa shape index (κ1) is 20.2. The molecule has 5 nitrogen and oxygen atoms in total. The van der Waals surface area contributed by atoms with Crippen LogP contribution in [0.15, 0.2) is 41.8 Å². The zero-order valence-electron chi connectivity index (χ0n) is 15.0. The molecule has 150 valence electrons. The molecule has 2 aromatic rings. The zero-order chi connectivity index (χ0) is 20.1. The van der Waals surface area contributed by atoms with Crippen LogP contribution in [0.1, 0.15) is 23.3 Å². The number of piperidine rings is 1. The number of benzene rings is 1. The number of hydrogen-bond donors (Lipinski definition) is 2. The van der Waals surface area contributed by atoms with Crippen LogP contribution in [0.3, 0.4) is 0 Å². The summed E-state index contributed by atoms with van der Waals surface area (Å²) >= 11 is 1.53. The summed E-state index contributed by atoms with van der Waals surface area (Å²) in [5, 5.41) is 7.11. The highest BCUT2D eigenvalue weighted by atomic mass is 32.1. The second kappa shape index (κ2) is 8.64. The Balaban J connectivity index is 1.59. The van der Waals surface area contributed by atoms with E-state index < -0.39 is 23.6 Å². The van der Waals surface area contributed by atoms with Crippen molar-refractivity contribution in [2.24, 2.45) is 5.92 Å². The number of carbonyl (C=O) groups excluding carboxylic acids is 2. The van der Waals surface area contributed by atoms with Crippen molar-refractivity contribution < 1.29 is 22.8 Å². The maximum atomic E-state index is 13.1. The van der Waals surface area contributed by atoms with Gasteiger partial charge >= 0.3 is 12.2 Å². The molecular formula is C19H20F3N3O2S. The molecule has 3 rings (SSSR count). The Kier molecular flexibility index (Phi) is 6.23. The summed E-state index contributed by atoms with van der Waals surface area (Å²) in [6.07, 6.45) is -3.41. The first-order valence-electron chi connectivity index (χ1n) is 8.87. The lowest BCUT2D eigenvalue weighted by molar-refractivity contribution is -0.137. The molecule has 1 atom stereocenters. The van der Waals surface area contributed by atoms with Crippen molar-refractivity contribution in [3.63, 3.8) is 0 Å². The van der Waals surface area contributed by atoms with Gasteiger partial charge in [-0.15, -0.1) is 11.3 Å². The maximum Gasteiger partial charge on any atom is 0.418 e. The van der Waals surface area contributed by atoms with Gasteiger partial charge in [-0.25, -0.2) is 4.79 Å². The molecule has 0 aliphatic carbocycles. The summed E-state index contributed by atoms with van der Waals surface area (Å²) < 4.78 is 39.3. The average molecular weight is 411 g/mol. The van der Waals surface area contributed by atoms with Crippen molar-refractivity contribution >= 4 is 29.0 Å². The number of amides is 3. The lowest BCUT2D eigenvalue weighted by Crippen LogP contribution is -2.47. The molecular weight excluding hydrogens is 391 g/mol. The van der Waals surface area contributed by atoms with E-state index in [4.69, 9.17) is 0 Å². The number of halogens is 3. The van der Waals surface area contributed by atoms with Crippen molar-refractivity contribution in [1.29, 1.82) is 0 Å². The molecule has 1 aromatic carbocycles. The van der Waals surface area contributed by atoms with Gasteiger partial charge in [-0.1, -0.05) is 18.2 Å². The smallest absolute Gasteiger partial charge is 0.333 e. The number of anilines is 1. The predicted octanol–water partition coefficient (Wildman–Crippen LogP) is 4.33. The van der Waals surface area contributed by atoms with Gasteiger partial charge in [0.15, 0.2) is 0 Å². The van der Waals surface area contributed by atoms with Crippen molar-refractivity contribution in [1.82, 2.24) is 10.2 Å². The highest BCUT2D eigenvalue weighted by Gasteiger charge is 2.35. The topological polar surface area (TPSA) is 61.4 Å². The van der Waals surface area contributed by atoms with E-state index in [2.05, 4.69) is 10.6 Å². The summed E-state index contributed by atoms with van der Waals surface area (Å²) in [6.45, 7) is 1.10. The number of likely N-dealkylation sites (tertiary alicyclic amines) is 1. The summed E-state index contributed by atoms with van der Waals surface area (Å²) in [6, 6.07) is 8.41. The molecule has 0 saturated carbocycles. The lowest BCUT2D eigenvalue weighted by Gasteiger charge is -2.32. The van der Waals surface area contributed by atoms with E-state index in [9.17, 15) is 22.8 Å². The molecule has 3 amide bonds. The van der Waals surface area contributed by atoms with Crippen LogP contribution in [0.25, 0.3) is 0 Å². The molecule has 0 radical (unpaired) electrons. The fourth-order valence-electron chi connectivity index (χ4n) is 3.14. The van der Waals surface area contributed by atoms with Crippen LogP contribution in [0.4, 0.5) is 23.7 Å². The van der Waals surface area contributed by atoms with E-state index in [0.717, 1.165) is 10.9 Å². The SMILES string of the molecule is O=C(Nc1ccccc1C(F)(F)F)C1CCCN(C(=O)NCc2cccs2)C1. The van der Waals surface area contributed by atoms with E-state index in [0.29, 0.717) is 25.9 Å². The molecule has 2 N–H and O–H groups in total. The monoisotopic (exact) mass is 411 g/mol. The predicted molar refractivity (Wildman–Crippen MR) is 101 cm³/mol. The van der Waals surface area contributed by atoms with Crippen LogP contribution in [0.2, 0.25) is 0 Å². The number of nitrogens with zero attached hydrogens (tertiary/aromatic N) is 1. The van der Waals surface area contributed by atoms with Crippen LogP contribution < -0.4 is 10.6 Å². The quantitative estimate of drug-likeness (QED) is 0.787. The third-order valence-corrected chi connectivity index (χ3v) is 5.44. The van der Waals surface area contributed by atoms with E-state index in [1.165, 1.54) is 34.4 Å². The van der Waals surface area contributed by atoms with Crippen molar-refractivity contribution in [2.45, 2.75) is 25.6 Å². The van der Waals surface area contributed by atoms with Gasteiger partial charge < -0.3 is 15.5 Å². The number of nitrogens with one attached hydrogen (secondary N) is 2. The molecule has 1 aromatic heterocycles. The van der Waals surface area contributed by atoms with Crippen molar-refractivity contribution in [3.8, 4) is 0 Å². The summed E-state index contributed by atoms with van der Waals surface area (Å²) in [7, 11) is 0. The molecule has 1 aliphatic rings. The second-order valence-corrected chi connectivity index (χ2v) is 7.59. The Labute approximate surface area is 164 Å². The molecule has 1 aliphatic heterocycles. The Hall–Kier alpha value is -2.55. The Bertz CT molecular complexity index is 824. The molecule has 0 spiro atoms. The first-order chi connectivity index (χ1) is 13.3. The lowest BCUT2D eigenvalue weighted by atomic mass is 9.97. The minimum atomic E-state index is -4.55. The zero-order valence-corrected chi connectivity index (χ0v) is 15.8. The molecule has 1 fully saturated rings. The van der Waals surface area contributed by atoms with E-state index in [-0.39, 0.29) is 18.3 Å². The van der Waals surface area contributed by atoms with Crippen LogP contribution in [0.5, 0.6) is 0 Å². The summed E-state index contributed by atoms with van der Waals surface area (Å²) in [5.41, 5.74) is -1.15. The number of para-hydroxylation sites is 1. The Morgan fingerprint density at radius 1 is 1.18 bits per heavy atom. The highest BCUT2D eigenvalue weighted by Crippen LogP contribution is 2.35. The van der Waals surface area contributed by atoms with Gasteiger partial charge in [0.1, 0.15) is 0 Å². The van der Waals surface area contributed by atoms with E-state index >= 15 is 0 Å². The number of alkyl halides is 3. The Morgan fingerprint density at radius 2 is 1.96 bits per heavy atom. The van der Waals surface area contributed by atoms with Gasteiger partial charge in [0.05, 0.1) is 23.7 Å². The van der Waals surface area contributed by atoms with Gasteiger partial charge in [0, 0.05) is 18.0 Å². The third kappa shape index (κ3) is 5.03. The van der Waals surface area contributed by atoms with Crippen molar-refractivity contribution in [3.05, 3.63) is 52.2 Å². The number of carbonyl (C=O) groups is 2. The van der Waals surface area contributed by atoms with Crippen LogP contribution in [-0.2, 0) is 17.5 Å². The maximum absolute atomic E-state index is 13.1. The molecule has 1 unspecified atom stereocenters. The third-order valence-electron chi connectivity index (χ3n) is 4.56. The molecule has 9 heteroatoms.